The number of thioether (sulfide) groups is 1. The Hall–Kier alpha value is -1.49. The average molecular weight is 319 g/mol. The molecule has 108 valence electrons. The molecule has 0 amide bonds. The minimum atomic E-state index is 0.0972. The van der Waals surface area contributed by atoms with Gasteiger partial charge in [-0.2, -0.15) is 0 Å². The van der Waals surface area contributed by atoms with Crippen LogP contribution in [0.25, 0.3) is 11.0 Å². The molecule has 0 aliphatic heterocycles. The maximum Gasteiger partial charge on any atom is 0.169 e. The summed E-state index contributed by atoms with van der Waals surface area (Å²) in [4.78, 5) is 4.65. The average Bonchev–Trinajstić information content (AvgIpc) is 2.85. The molecule has 1 heterocycles. The zero-order valence-corrected chi connectivity index (χ0v) is 12.9. The molecule has 0 unspecified atom stereocenters. The zero-order chi connectivity index (χ0) is 14.7. The summed E-state index contributed by atoms with van der Waals surface area (Å²) in [5.41, 5.74) is 3.09. The molecular formula is C16H15ClN2OS. The van der Waals surface area contributed by atoms with Gasteiger partial charge in [0, 0.05) is 17.3 Å². The number of fused-ring (bicyclic) bond motifs is 1. The van der Waals surface area contributed by atoms with Gasteiger partial charge in [-0.1, -0.05) is 53.7 Å². The standard InChI is InChI=1S/C16H15ClN2OS/c17-13-6-2-1-5-12(13)11-21-16-18-14-7-3-4-8-15(14)19(16)9-10-20/h1-8,20H,9-11H2. The molecule has 0 fully saturated rings. The molecule has 1 aromatic heterocycles. The van der Waals surface area contributed by atoms with Crippen molar-refractivity contribution in [3.05, 3.63) is 59.1 Å². The molecule has 0 saturated heterocycles. The molecule has 3 aromatic rings. The lowest BCUT2D eigenvalue weighted by atomic mass is 10.2. The second-order valence-electron chi connectivity index (χ2n) is 4.64. The van der Waals surface area contributed by atoms with Crippen LogP contribution in [0.3, 0.4) is 0 Å². The maximum atomic E-state index is 9.27. The topological polar surface area (TPSA) is 38.0 Å². The normalized spacial score (nSPS) is 11.1. The van der Waals surface area contributed by atoms with Gasteiger partial charge in [0.2, 0.25) is 0 Å². The van der Waals surface area contributed by atoms with Crippen molar-refractivity contribution < 1.29 is 5.11 Å². The van der Waals surface area contributed by atoms with Gasteiger partial charge in [-0.05, 0) is 23.8 Å². The zero-order valence-electron chi connectivity index (χ0n) is 11.4. The van der Waals surface area contributed by atoms with Gasteiger partial charge < -0.3 is 9.67 Å². The van der Waals surface area contributed by atoms with Crippen LogP contribution in [0, 0.1) is 0 Å². The molecule has 1 N–H and O–H groups in total. The fraction of sp³-hybridized carbons (Fsp3) is 0.188. The van der Waals surface area contributed by atoms with Crippen LogP contribution in [0.15, 0.2) is 53.7 Å². The van der Waals surface area contributed by atoms with E-state index in [1.165, 1.54) is 0 Å². The Morgan fingerprint density at radius 2 is 1.86 bits per heavy atom. The van der Waals surface area contributed by atoms with Crippen LogP contribution in [-0.4, -0.2) is 21.3 Å². The van der Waals surface area contributed by atoms with Crippen molar-refractivity contribution in [2.24, 2.45) is 0 Å². The first-order valence-electron chi connectivity index (χ1n) is 6.72. The Kier molecular flexibility index (Phi) is 4.48. The smallest absolute Gasteiger partial charge is 0.169 e. The highest BCUT2D eigenvalue weighted by Gasteiger charge is 2.11. The van der Waals surface area contributed by atoms with Crippen LogP contribution >= 0.6 is 23.4 Å². The second-order valence-corrected chi connectivity index (χ2v) is 5.99. The highest BCUT2D eigenvalue weighted by molar-refractivity contribution is 7.98. The van der Waals surface area contributed by atoms with Gasteiger partial charge in [0.25, 0.3) is 0 Å². The number of aliphatic hydroxyl groups is 1. The van der Waals surface area contributed by atoms with Gasteiger partial charge in [-0.15, -0.1) is 0 Å². The number of hydrogen-bond donors (Lipinski definition) is 1. The Labute approximate surface area is 132 Å². The number of imidazole rings is 1. The predicted octanol–water partition coefficient (Wildman–Crippen LogP) is 3.97. The molecule has 2 aromatic carbocycles. The van der Waals surface area contributed by atoms with E-state index < -0.39 is 0 Å². The van der Waals surface area contributed by atoms with Crippen LogP contribution in [0.1, 0.15) is 5.56 Å². The molecule has 0 saturated carbocycles. The minimum absolute atomic E-state index is 0.0972. The van der Waals surface area contributed by atoms with E-state index in [2.05, 4.69) is 9.55 Å². The lowest BCUT2D eigenvalue weighted by Gasteiger charge is -2.07. The van der Waals surface area contributed by atoms with Gasteiger partial charge in [0.15, 0.2) is 5.16 Å². The van der Waals surface area contributed by atoms with E-state index >= 15 is 0 Å². The van der Waals surface area contributed by atoms with Gasteiger partial charge in [0.1, 0.15) is 0 Å². The fourth-order valence-electron chi connectivity index (χ4n) is 2.24. The third-order valence-electron chi connectivity index (χ3n) is 3.26. The number of rotatable bonds is 5. The molecule has 0 radical (unpaired) electrons. The SMILES string of the molecule is OCCn1c(SCc2ccccc2Cl)nc2ccccc21. The third kappa shape index (κ3) is 3.07. The van der Waals surface area contributed by atoms with Gasteiger partial charge in [0.05, 0.1) is 17.6 Å². The molecule has 0 spiro atoms. The van der Waals surface area contributed by atoms with Crippen LogP contribution in [0.5, 0.6) is 0 Å². The lowest BCUT2D eigenvalue weighted by molar-refractivity contribution is 0.273. The number of aromatic nitrogens is 2. The minimum Gasteiger partial charge on any atom is -0.395 e. The lowest BCUT2D eigenvalue weighted by Crippen LogP contribution is -2.03. The van der Waals surface area contributed by atoms with Crippen molar-refractivity contribution in [1.82, 2.24) is 9.55 Å². The van der Waals surface area contributed by atoms with Gasteiger partial charge in [-0.25, -0.2) is 4.98 Å². The number of para-hydroxylation sites is 2. The van der Waals surface area contributed by atoms with Crippen LogP contribution < -0.4 is 0 Å². The summed E-state index contributed by atoms with van der Waals surface area (Å²) in [5.74, 6) is 0.758. The molecular weight excluding hydrogens is 304 g/mol. The van der Waals surface area contributed by atoms with Crippen LogP contribution in [0.2, 0.25) is 5.02 Å². The molecule has 3 nitrogen and oxygen atoms in total. The van der Waals surface area contributed by atoms with Crippen molar-refractivity contribution in [3.8, 4) is 0 Å². The molecule has 0 bridgehead atoms. The van der Waals surface area contributed by atoms with Crippen molar-refractivity contribution in [3.63, 3.8) is 0 Å². The predicted molar refractivity (Wildman–Crippen MR) is 87.8 cm³/mol. The van der Waals surface area contributed by atoms with Crippen molar-refractivity contribution >= 4 is 34.4 Å². The summed E-state index contributed by atoms with van der Waals surface area (Å²) in [6.07, 6.45) is 0. The second kappa shape index (κ2) is 6.52. The molecule has 5 heteroatoms. The highest BCUT2D eigenvalue weighted by atomic mass is 35.5. The van der Waals surface area contributed by atoms with Crippen LogP contribution in [0.4, 0.5) is 0 Å². The van der Waals surface area contributed by atoms with Crippen molar-refractivity contribution in [2.75, 3.05) is 6.61 Å². The van der Waals surface area contributed by atoms with E-state index in [0.29, 0.717) is 6.54 Å². The van der Waals surface area contributed by atoms with Crippen molar-refractivity contribution in [1.29, 1.82) is 0 Å². The summed E-state index contributed by atoms with van der Waals surface area (Å²) in [6, 6.07) is 15.8. The molecule has 0 aliphatic carbocycles. The summed E-state index contributed by atoms with van der Waals surface area (Å²) in [6.45, 7) is 0.644. The number of aliphatic hydroxyl groups excluding tert-OH is 1. The highest BCUT2D eigenvalue weighted by Crippen LogP contribution is 2.28. The number of halogens is 1. The van der Waals surface area contributed by atoms with Crippen molar-refractivity contribution in [2.45, 2.75) is 17.5 Å². The Balaban J connectivity index is 1.89. The van der Waals surface area contributed by atoms with E-state index in [1.807, 2.05) is 48.5 Å². The number of benzene rings is 2. The Morgan fingerprint density at radius 1 is 1.10 bits per heavy atom. The number of nitrogens with zero attached hydrogens (tertiary/aromatic N) is 2. The van der Waals surface area contributed by atoms with E-state index in [-0.39, 0.29) is 6.61 Å². The summed E-state index contributed by atoms with van der Waals surface area (Å²) < 4.78 is 2.05. The Bertz CT molecular complexity index is 757. The quantitative estimate of drug-likeness (QED) is 0.723. The molecule has 21 heavy (non-hydrogen) atoms. The summed E-state index contributed by atoms with van der Waals surface area (Å²) in [5, 5.41) is 11.0. The van der Waals surface area contributed by atoms with E-state index in [0.717, 1.165) is 32.5 Å². The first-order chi connectivity index (χ1) is 10.3. The molecule has 3 rings (SSSR count). The Morgan fingerprint density at radius 3 is 2.67 bits per heavy atom. The summed E-state index contributed by atoms with van der Waals surface area (Å²) in [7, 11) is 0. The third-order valence-corrected chi connectivity index (χ3v) is 4.65. The fourth-order valence-corrected chi connectivity index (χ4v) is 3.56. The van der Waals surface area contributed by atoms with Crippen LogP contribution in [-0.2, 0) is 12.3 Å². The van der Waals surface area contributed by atoms with E-state index in [1.54, 1.807) is 11.8 Å². The number of hydrogen-bond acceptors (Lipinski definition) is 3. The largest absolute Gasteiger partial charge is 0.395 e. The molecule has 0 atom stereocenters. The monoisotopic (exact) mass is 318 g/mol. The van der Waals surface area contributed by atoms with Gasteiger partial charge >= 0.3 is 0 Å². The first kappa shape index (κ1) is 14.4. The van der Waals surface area contributed by atoms with E-state index in [4.69, 9.17) is 11.6 Å². The maximum absolute atomic E-state index is 9.27. The molecule has 0 aliphatic rings. The van der Waals surface area contributed by atoms with Gasteiger partial charge in [-0.3, -0.25) is 0 Å². The van der Waals surface area contributed by atoms with E-state index in [9.17, 15) is 5.11 Å². The first-order valence-corrected chi connectivity index (χ1v) is 8.08. The summed E-state index contributed by atoms with van der Waals surface area (Å²) >= 11 is 7.83.